The molecule has 1 N–H and O–H groups in total. The summed E-state index contributed by atoms with van der Waals surface area (Å²) >= 11 is 11.9. The summed E-state index contributed by atoms with van der Waals surface area (Å²) in [4.78, 5) is 20.9. The van der Waals surface area contributed by atoms with Crippen LogP contribution in [0.3, 0.4) is 0 Å². The lowest BCUT2D eigenvalue weighted by Crippen LogP contribution is -2.14. The van der Waals surface area contributed by atoms with Gasteiger partial charge in [-0.3, -0.25) is 4.79 Å². The summed E-state index contributed by atoms with van der Waals surface area (Å²) in [6.45, 7) is 0. The fraction of sp³-hybridized carbons (Fsp3) is 0.188. The van der Waals surface area contributed by atoms with E-state index in [0.717, 1.165) is 5.56 Å². The van der Waals surface area contributed by atoms with Crippen LogP contribution in [0.15, 0.2) is 47.8 Å². The Hall–Kier alpha value is -2.11. The Labute approximate surface area is 144 Å². The lowest BCUT2D eigenvalue weighted by molar-refractivity contribution is -0.116. The van der Waals surface area contributed by atoms with E-state index < -0.39 is 0 Å². The van der Waals surface area contributed by atoms with Crippen molar-refractivity contribution in [3.05, 3.63) is 58.2 Å². The Morgan fingerprint density at radius 3 is 2.70 bits per heavy atom. The second-order valence-electron chi connectivity index (χ2n) is 4.61. The number of nitrogens with zero attached hydrogens (tertiary/aromatic N) is 2. The molecular weight excluding hydrogens is 337 g/mol. The monoisotopic (exact) mass is 351 g/mol. The highest BCUT2D eigenvalue weighted by molar-refractivity contribution is 6.42. The highest BCUT2D eigenvalue weighted by Crippen LogP contribution is 2.23. The number of oxime groups is 1. The molecule has 120 valence electrons. The van der Waals surface area contributed by atoms with Crippen molar-refractivity contribution in [2.24, 2.45) is 5.16 Å². The third-order valence-corrected chi connectivity index (χ3v) is 3.71. The maximum Gasteiger partial charge on any atom is 0.225 e. The molecule has 0 aliphatic rings. The Morgan fingerprint density at radius 2 is 2.04 bits per heavy atom. The zero-order valence-corrected chi connectivity index (χ0v) is 13.9. The number of carbonyl (C=O) groups excluding carboxylic acids is 1. The normalized spacial score (nSPS) is 11.2. The van der Waals surface area contributed by atoms with Crippen molar-refractivity contribution < 1.29 is 9.63 Å². The van der Waals surface area contributed by atoms with Gasteiger partial charge in [0.15, 0.2) is 0 Å². The quantitative estimate of drug-likeness (QED) is 0.627. The first-order valence-electron chi connectivity index (χ1n) is 6.86. The molecule has 0 spiro atoms. The number of anilines is 1. The lowest BCUT2D eigenvalue weighted by Gasteiger charge is -2.08. The smallest absolute Gasteiger partial charge is 0.225 e. The van der Waals surface area contributed by atoms with Crippen LogP contribution in [0.25, 0.3) is 0 Å². The van der Waals surface area contributed by atoms with Crippen molar-refractivity contribution in [2.75, 3.05) is 12.4 Å². The van der Waals surface area contributed by atoms with Crippen LogP contribution in [0.1, 0.15) is 18.4 Å². The van der Waals surface area contributed by atoms with Crippen LogP contribution in [0.2, 0.25) is 10.0 Å². The molecule has 1 heterocycles. The van der Waals surface area contributed by atoms with E-state index in [1.807, 2.05) is 0 Å². The lowest BCUT2D eigenvalue weighted by atomic mass is 10.1. The van der Waals surface area contributed by atoms with Crippen molar-refractivity contribution in [1.82, 2.24) is 4.98 Å². The summed E-state index contributed by atoms with van der Waals surface area (Å²) in [5, 5.41) is 7.56. The van der Waals surface area contributed by atoms with Gasteiger partial charge in [-0.25, -0.2) is 4.98 Å². The van der Waals surface area contributed by atoms with Gasteiger partial charge in [-0.05, 0) is 24.3 Å². The SMILES string of the molecule is CO/N=C(\CCC(=O)Nc1ccccn1)c1ccc(Cl)c(Cl)c1. The Morgan fingerprint density at radius 1 is 1.22 bits per heavy atom. The first kappa shape index (κ1) is 17.2. The van der Waals surface area contributed by atoms with Gasteiger partial charge in [0.05, 0.1) is 15.8 Å². The van der Waals surface area contributed by atoms with E-state index in [1.165, 1.54) is 7.11 Å². The minimum atomic E-state index is -0.160. The number of amides is 1. The van der Waals surface area contributed by atoms with Gasteiger partial charge < -0.3 is 10.2 Å². The summed E-state index contributed by atoms with van der Waals surface area (Å²) < 4.78 is 0. The average Bonchev–Trinajstić information content (AvgIpc) is 2.55. The summed E-state index contributed by atoms with van der Waals surface area (Å²) in [6, 6.07) is 10.5. The predicted octanol–water partition coefficient (Wildman–Crippen LogP) is 4.16. The number of nitrogens with one attached hydrogen (secondary N) is 1. The largest absolute Gasteiger partial charge is 0.399 e. The Balaban J connectivity index is 2.01. The molecule has 0 saturated carbocycles. The molecular formula is C16H15Cl2N3O2. The van der Waals surface area contributed by atoms with Gasteiger partial charge in [-0.2, -0.15) is 0 Å². The van der Waals surface area contributed by atoms with Crippen LogP contribution in [0, 0.1) is 0 Å². The first-order chi connectivity index (χ1) is 11.1. The second kappa shape index (κ2) is 8.50. The van der Waals surface area contributed by atoms with Gasteiger partial charge in [-0.1, -0.05) is 40.5 Å². The molecule has 1 aromatic heterocycles. The highest BCUT2D eigenvalue weighted by Gasteiger charge is 2.11. The summed E-state index contributed by atoms with van der Waals surface area (Å²) in [7, 11) is 1.45. The Kier molecular flexibility index (Phi) is 6.38. The van der Waals surface area contributed by atoms with Crippen LogP contribution < -0.4 is 5.32 Å². The number of aromatic nitrogens is 1. The topological polar surface area (TPSA) is 63.6 Å². The van der Waals surface area contributed by atoms with E-state index in [1.54, 1.807) is 42.6 Å². The molecule has 0 saturated heterocycles. The van der Waals surface area contributed by atoms with Crippen LogP contribution in [-0.4, -0.2) is 23.7 Å². The molecule has 0 unspecified atom stereocenters. The molecule has 0 bridgehead atoms. The fourth-order valence-electron chi connectivity index (χ4n) is 1.90. The van der Waals surface area contributed by atoms with E-state index in [-0.39, 0.29) is 12.3 Å². The molecule has 0 radical (unpaired) electrons. The molecule has 0 aliphatic carbocycles. The molecule has 2 rings (SSSR count). The minimum absolute atomic E-state index is 0.160. The number of hydrogen-bond acceptors (Lipinski definition) is 4. The molecule has 0 atom stereocenters. The highest BCUT2D eigenvalue weighted by atomic mass is 35.5. The molecule has 7 heteroatoms. The average molecular weight is 352 g/mol. The van der Waals surface area contributed by atoms with Crippen LogP contribution in [-0.2, 0) is 9.63 Å². The number of rotatable bonds is 6. The zero-order valence-electron chi connectivity index (χ0n) is 12.4. The van der Waals surface area contributed by atoms with Gasteiger partial charge >= 0.3 is 0 Å². The number of carbonyl (C=O) groups is 1. The summed E-state index contributed by atoms with van der Waals surface area (Å²) in [6.07, 6.45) is 2.24. The Bertz CT molecular complexity index is 706. The van der Waals surface area contributed by atoms with E-state index in [0.29, 0.717) is 28.0 Å². The minimum Gasteiger partial charge on any atom is -0.399 e. The van der Waals surface area contributed by atoms with Crippen molar-refractivity contribution in [3.8, 4) is 0 Å². The maximum absolute atomic E-state index is 12.0. The number of pyridine rings is 1. The molecule has 0 aliphatic heterocycles. The molecule has 1 amide bonds. The molecule has 2 aromatic rings. The van der Waals surface area contributed by atoms with Crippen molar-refractivity contribution in [3.63, 3.8) is 0 Å². The fourth-order valence-corrected chi connectivity index (χ4v) is 2.20. The van der Waals surface area contributed by atoms with Gasteiger partial charge in [0.25, 0.3) is 0 Å². The molecule has 1 aromatic carbocycles. The van der Waals surface area contributed by atoms with Crippen LogP contribution >= 0.6 is 23.2 Å². The van der Waals surface area contributed by atoms with Gasteiger partial charge in [0.1, 0.15) is 12.9 Å². The van der Waals surface area contributed by atoms with Crippen LogP contribution in [0.4, 0.5) is 5.82 Å². The first-order valence-corrected chi connectivity index (χ1v) is 7.62. The van der Waals surface area contributed by atoms with Gasteiger partial charge in [0.2, 0.25) is 5.91 Å². The third kappa shape index (κ3) is 5.23. The number of halogens is 2. The van der Waals surface area contributed by atoms with Crippen molar-refractivity contribution in [2.45, 2.75) is 12.8 Å². The van der Waals surface area contributed by atoms with E-state index in [4.69, 9.17) is 28.0 Å². The van der Waals surface area contributed by atoms with Crippen molar-refractivity contribution in [1.29, 1.82) is 0 Å². The predicted molar refractivity (Wildman–Crippen MR) is 92.1 cm³/mol. The summed E-state index contributed by atoms with van der Waals surface area (Å²) in [5.41, 5.74) is 1.37. The van der Waals surface area contributed by atoms with E-state index in [9.17, 15) is 4.79 Å². The van der Waals surface area contributed by atoms with E-state index >= 15 is 0 Å². The number of benzene rings is 1. The third-order valence-electron chi connectivity index (χ3n) is 2.98. The van der Waals surface area contributed by atoms with Gasteiger partial charge in [-0.15, -0.1) is 0 Å². The second-order valence-corrected chi connectivity index (χ2v) is 5.43. The van der Waals surface area contributed by atoms with Crippen molar-refractivity contribution >= 4 is 40.6 Å². The number of hydrogen-bond donors (Lipinski definition) is 1. The summed E-state index contributed by atoms with van der Waals surface area (Å²) in [5.74, 6) is 0.352. The van der Waals surface area contributed by atoms with Gasteiger partial charge in [0, 0.05) is 24.6 Å². The molecule has 5 nitrogen and oxygen atoms in total. The van der Waals surface area contributed by atoms with E-state index in [2.05, 4.69) is 15.5 Å². The molecule has 0 fully saturated rings. The van der Waals surface area contributed by atoms with Crippen LogP contribution in [0.5, 0.6) is 0 Å². The standard InChI is InChI=1S/C16H15Cl2N3O2/c1-23-21-14(11-5-6-12(17)13(18)10-11)7-8-16(22)20-15-4-2-3-9-19-15/h2-6,9-10H,7-8H2,1H3,(H,19,20,22)/b21-14+. The zero-order chi connectivity index (χ0) is 16.7. The maximum atomic E-state index is 12.0. The molecule has 23 heavy (non-hydrogen) atoms.